The molecule has 0 bridgehead atoms. The van der Waals surface area contributed by atoms with Crippen LogP contribution in [0.2, 0.25) is 0 Å². The summed E-state index contributed by atoms with van der Waals surface area (Å²) < 4.78 is 7.19. The number of unbranched alkanes of at least 4 members (excludes halogenated alkanes) is 2. The number of para-hydroxylation sites is 1. The Bertz CT molecular complexity index is 1180. The van der Waals surface area contributed by atoms with Gasteiger partial charge in [0.1, 0.15) is 11.6 Å². The second-order valence-electron chi connectivity index (χ2n) is 6.61. The van der Waals surface area contributed by atoms with Gasteiger partial charge in [-0.25, -0.2) is 4.98 Å². The highest BCUT2D eigenvalue weighted by molar-refractivity contribution is 7.25. The number of aromatic nitrogens is 1. The van der Waals surface area contributed by atoms with E-state index in [1.165, 1.54) is 12.8 Å². The van der Waals surface area contributed by atoms with Crippen LogP contribution in [-0.2, 0) is 0 Å². The molecule has 4 aromatic rings. The van der Waals surface area contributed by atoms with E-state index in [0.29, 0.717) is 11.1 Å². The topological polar surface area (TPSA) is 51.2 Å². The summed E-state index contributed by atoms with van der Waals surface area (Å²) >= 11 is 1.61. The summed E-state index contributed by atoms with van der Waals surface area (Å²) in [6, 6.07) is 13.5. The van der Waals surface area contributed by atoms with Crippen LogP contribution < -0.4 is 15.5 Å². The van der Waals surface area contributed by atoms with E-state index in [4.69, 9.17) is 9.72 Å². The molecule has 0 aliphatic carbocycles. The first kappa shape index (κ1) is 17.7. The fourth-order valence-electron chi connectivity index (χ4n) is 3.37. The molecule has 0 saturated heterocycles. The normalized spacial score (nSPS) is 11.3. The van der Waals surface area contributed by atoms with Gasteiger partial charge in [-0.3, -0.25) is 4.79 Å². The van der Waals surface area contributed by atoms with E-state index in [9.17, 15) is 4.79 Å². The predicted molar refractivity (Wildman–Crippen MR) is 115 cm³/mol. The molecule has 0 atom stereocenters. The van der Waals surface area contributed by atoms with E-state index < -0.39 is 0 Å². The maximum atomic E-state index is 13.4. The van der Waals surface area contributed by atoms with Crippen LogP contribution in [0.3, 0.4) is 0 Å². The number of fused-ring (bicyclic) bond motifs is 4. The number of pyridine rings is 1. The molecule has 0 spiro atoms. The Labute approximate surface area is 161 Å². The molecule has 138 valence electrons. The monoisotopic (exact) mass is 378 g/mol. The molecule has 2 heterocycles. The van der Waals surface area contributed by atoms with E-state index in [0.717, 1.165) is 44.5 Å². The molecule has 0 fully saturated rings. The number of nitrogens with zero attached hydrogens (tertiary/aromatic N) is 1. The Kier molecular flexibility index (Phi) is 4.94. The Morgan fingerprint density at radius 3 is 2.78 bits per heavy atom. The summed E-state index contributed by atoms with van der Waals surface area (Å²) in [5.74, 6) is 1.50. The zero-order valence-corrected chi connectivity index (χ0v) is 16.4. The van der Waals surface area contributed by atoms with Crippen LogP contribution in [0.1, 0.15) is 26.2 Å². The first-order valence-corrected chi connectivity index (χ1v) is 10.1. The number of benzene rings is 2. The Morgan fingerprint density at radius 1 is 1.11 bits per heavy atom. The van der Waals surface area contributed by atoms with Crippen molar-refractivity contribution in [1.82, 2.24) is 4.98 Å². The Balaban J connectivity index is 2.00. The Hall–Kier alpha value is -2.66. The molecule has 0 amide bonds. The molecule has 27 heavy (non-hydrogen) atoms. The fraction of sp³-hybridized carbons (Fsp3) is 0.273. The lowest BCUT2D eigenvalue weighted by atomic mass is 10.1. The van der Waals surface area contributed by atoms with Gasteiger partial charge in [0.25, 0.3) is 0 Å². The lowest BCUT2D eigenvalue weighted by Crippen LogP contribution is -2.08. The molecule has 0 aliphatic rings. The molecular weight excluding hydrogens is 356 g/mol. The second kappa shape index (κ2) is 7.53. The van der Waals surface area contributed by atoms with Crippen LogP contribution in [0.25, 0.3) is 31.1 Å². The average molecular weight is 378 g/mol. The molecule has 0 unspecified atom stereocenters. The van der Waals surface area contributed by atoms with Crippen molar-refractivity contribution in [2.24, 2.45) is 0 Å². The third kappa shape index (κ3) is 3.23. The van der Waals surface area contributed by atoms with E-state index in [2.05, 4.69) is 12.2 Å². The summed E-state index contributed by atoms with van der Waals surface area (Å²) in [4.78, 5) is 18.2. The SMILES string of the molecule is CCCCCNc1nc2ccccc2c2c(=O)c3cc(OC)ccc3sc12. The standard InChI is InChI=1S/C22H22N2O2S/c1-3-4-7-12-23-22-21-19(15-8-5-6-9-17(15)24-22)20(25)16-13-14(26-2)10-11-18(16)27-21/h5-6,8-11,13H,3-4,7,12H2,1-2H3,(H,23,24). The zero-order chi connectivity index (χ0) is 18.8. The van der Waals surface area contributed by atoms with Crippen molar-refractivity contribution in [3.05, 3.63) is 52.7 Å². The number of rotatable bonds is 6. The zero-order valence-electron chi connectivity index (χ0n) is 15.5. The maximum absolute atomic E-state index is 13.4. The molecule has 4 nitrogen and oxygen atoms in total. The summed E-state index contributed by atoms with van der Waals surface area (Å²) in [6.07, 6.45) is 3.44. The summed E-state index contributed by atoms with van der Waals surface area (Å²) in [6.45, 7) is 3.05. The molecule has 0 saturated carbocycles. The largest absolute Gasteiger partial charge is 0.497 e. The lowest BCUT2D eigenvalue weighted by molar-refractivity contribution is 0.415. The van der Waals surface area contributed by atoms with Gasteiger partial charge in [-0.05, 0) is 30.7 Å². The molecule has 2 aromatic heterocycles. The van der Waals surface area contributed by atoms with Crippen molar-refractivity contribution >= 4 is 48.2 Å². The van der Waals surface area contributed by atoms with Gasteiger partial charge in [0, 0.05) is 22.0 Å². The highest BCUT2D eigenvalue weighted by atomic mass is 32.1. The minimum Gasteiger partial charge on any atom is -0.497 e. The summed E-state index contributed by atoms with van der Waals surface area (Å²) in [5.41, 5.74) is 0.877. The van der Waals surface area contributed by atoms with Crippen LogP contribution >= 0.6 is 11.3 Å². The Morgan fingerprint density at radius 2 is 1.96 bits per heavy atom. The first-order chi connectivity index (χ1) is 13.2. The van der Waals surface area contributed by atoms with Crippen LogP contribution in [0.5, 0.6) is 5.75 Å². The molecule has 4 rings (SSSR count). The van der Waals surface area contributed by atoms with Gasteiger partial charge in [-0.1, -0.05) is 38.0 Å². The molecule has 1 N–H and O–H groups in total. The highest BCUT2D eigenvalue weighted by Gasteiger charge is 2.15. The molecule has 0 aliphatic heterocycles. The minimum absolute atomic E-state index is 0.0351. The van der Waals surface area contributed by atoms with Crippen LogP contribution in [0, 0.1) is 0 Å². The van der Waals surface area contributed by atoms with Crippen molar-refractivity contribution in [3.63, 3.8) is 0 Å². The highest BCUT2D eigenvalue weighted by Crippen LogP contribution is 2.34. The van der Waals surface area contributed by atoms with Crippen molar-refractivity contribution < 1.29 is 4.74 Å². The molecule has 5 heteroatoms. The number of hydrogen-bond donors (Lipinski definition) is 1. The van der Waals surface area contributed by atoms with Gasteiger partial charge in [0.15, 0.2) is 5.43 Å². The maximum Gasteiger partial charge on any atom is 0.196 e. The van der Waals surface area contributed by atoms with Crippen LogP contribution in [0.4, 0.5) is 5.82 Å². The lowest BCUT2D eigenvalue weighted by Gasteiger charge is -2.12. The molecular formula is C22H22N2O2S. The molecule has 2 aromatic carbocycles. The smallest absolute Gasteiger partial charge is 0.196 e. The molecule has 0 radical (unpaired) electrons. The van der Waals surface area contributed by atoms with Gasteiger partial charge < -0.3 is 10.1 Å². The van der Waals surface area contributed by atoms with E-state index in [1.54, 1.807) is 18.4 Å². The van der Waals surface area contributed by atoms with Gasteiger partial charge in [0.2, 0.25) is 0 Å². The third-order valence-electron chi connectivity index (χ3n) is 4.79. The quantitative estimate of drug-likeness (QED) is 0.271. The fourth-order valence-corrected chi connectivity index (χ4v) is 4.50. The van der Waals surface area contributed by atoms with E-state index in [1.807, 2.05) is 42.5 Å². The van der Waals surface area contributed by atoms with Gasteiger partial charge in [-0.15, -0.1) is 11.3 Å². The average Bonchev–Trinajstić information content (AvgIpc) is 2.71. The second-order valence-corrected chi connectivity index (χ2v) is 7.66. The predicted octanol–water partition coefficient (Wildman–Crippen LogP) is 5.57. The number of methoxy groups -OCH3 is 1. The van der Waals surface area contributed by atoms with Crippen LogP contribution in [0.15, 0.2) is 47.3 Å². The van der Waals surface area contributed by atoms with Gasteiger partial charge in [0.05, 0.1) is 22.7 Å². The third-order valence-corrected chi connectivity index (χ3v) is 5.97. The van der Waals surface area contributed by atoms with Gasteiger partial charge >= 0.3 is 0 Å². The van der Waals surface area contributed by atoms with Crippen molar-refractivity contribution in [1.29, 1.82) is 0 Å². The summed E-state index contributed by atoms with van der Waals surface area (Å²) in [7, 11) is 1.62. The summed E-state index contributed by atoms with van der Waals surface area (Å²) in [5, 5.41) is 5.80. The first-order valence-electron chi connectivity index (χ1n) is 9.30. The van der Waals surface area contributed by atoms with E-state index in [-0.39, 0.29) is 5.43 Å². The van der Waals surface area contributed by atoms with Crippen molar-refractivity contribution in [3.8, 4) is 5.75 Å². The van der Waals surface area contributed by atoms with Gasteiger partial charge in [-0.2, -0.15) is 0 Å². The number of nitrogens with one attached hydrogen (secondary N) is 1. The van der Waals surface area contributed by atoms with Crippen LogP contribution in [-0.4, -0.2) is 18.6 Å². The van der Waals surface area contributed by atoms with E-state index >= 15 is 0 Å². The number of anilines is 1. The van der Waals surface area contributed by atoms with Crippen molar-refractivity contribution in [2.75, 3.05) is 19.0 Å². The minimum atomic E-state index is 0.0351. The number of hydrogen-bond acceptors (Lipinski definition) is 5. The number of ether oxygens (including phenoxy) is 1. The van der Waals surface area contributed by atoms with Crippen molar-refractivity contribution in [2.45, 2.75) is 26.2 Å².